The van der Waals surface area contributed by atoms with Crippen molar-refractivity contribution in [2.24, 2.45) is 0 Å². The van der Waals surface area contributed by atoms with Crippen LogP contribution >= 0.6 is 0 Å². The van der Waals surface area contributed by atoms with Crippen LogP contribution in [0.1, 0.15) is 18.4 Å². The van der Waals surface area contributed by atoms with E-state index in [9.17, 15) is 9.59 Å². The lowest BCUT2D eigenvalue weighted by Gasteiger charge is -2.24. The molecule has 1 aliphatic rings. The van der Waals surface area contributed by atoms with E-state index in [1.165, 1.54) is 0 Å². The van der Waals surface area contributed by atoms with Crippen molar-refractivity contribution < 1.29 is 9.59 Å². The van der Waals surface area contributed by atoms with Crippen molar-refractivity contribution in [2.45, 2.75) is 25.8 Å². The zero-order valence-corrected chi connectivity index (χ0v) is 13.7. The van der Waals surface area contributed by atoms with E-state index in [1.807, 2.05) is 61.5 Å². The maximum Gasteiger partial charge on any atom is 0.322 e. The Balaban J connectivity index is 1.67. The number of benzene rings is 2. The van der Waals surface area contributed by atoms with Crippen LogP contribution in [-0.2, 0) is 4.79 Å². The zero-order chi connectivity index (χ0) is 16.9. The first-order chi connectivity index (χ1) is 11.6. The minimum atomic E-state index is -0.436. The van der Waals surface area contributed by atoms with Gasteiger partial charge in [0.25, 0.3) is 0 Å². The highest BCUT2D eigenvalue weighted by molar-refractivity contribution is 5.99. The van der Waals surface area contributed by atoms with Gasteiger partial charge in [-0.3, -0.25) is 4.79 Å². The Morgan fingerprint density at radius 2 is 1.71 bits per heavy atom. The van der Waals surface area contributed by atoms with E-state index in [-0.39, 0.29) is 11.9 Å². The molecule has 5 nitrogen and oxygen atoms in total. The number of anilines is 2. The van der Waals surface area contributed by atoms with Crippen LogP contribution in [0.2, 0.25) is 0 Å². The van der Waals surface area contributed by atoms with Crippen molar-refractivity contribution >= 4 is 23.3 Å². The molecule has 1 fully saturated rings. The lowest BCUT2D eigenvalue weighted by Crippen LogP contribution is -2.45. The molecule has 1 aliphatic heterocycles. The molecule has 2 aromatic rings. The SMILES string of the molecule is Cc1ccccc1NC(=O)N1CCCC1C(=O)Nc1ccccc1. The smallest absolute Gasteiger partial charge is 0.322 e. The molecule has 0 saturated carbocycles. The van der Waals surface area contributed by atoms with Gasteiger partial charge in [-0.25, -0.2) is 4.79 Å². The second-order valence-corrected chi connectivity index (χ2v) is 5.95. The highest BCUT2D eigenvalue weighted by Crippen LogP contribution is 2.21. The Labute approximate surface area is 141 Å². The molecule has 0 radical (unpaired) electrons. The number of para-hydroxylation sites is 2. The number of nitrogens with zero attached hydrogens (tertiary/aromatic N) is 1. The van der Waals surface area contributed by atoms with Crippen LogP contribution in [0.5, 0.6) is 0 Å². The van der Waals surface area contributed by atoms with Crippen molar-refractivity contribution in [3.63, 3.8) is 0 Å². The standard InChI is InChI=1S/C19H21N3O2/c1-14-8-5-6-11-16(14)21-19(24)22-13-7-12-17(22)18(23)20-15-9-3-2-4-10-15/h2-6,8-11,17H,7,12-13H2,1H3,(H,20,23)(H,21,24). The van der Waals surface area contributed by atoms with Crippen LogP contribution < -0.4 is 10.6 Å². The van der Waals surface area contributed by atoms with E-state index in [4.69, 9.17) is 0 Å². The van der Waals surface area contributed by atoms with Gasteiger partial charge in [0.1, 0.15) is 6.04 Å². The summed E-state index contributed by atoms with van der Waals surface area (Å²) >= 11 is 0. The average molecular weight is 323 g/mol. The van der Waals surface area contributed by atoms with Crippen LogP contribution in [0.15, 0.2) is 54.6 Å². The first-order valence-corrected chi connectivity index (χ1v) is 8.14. The summed E-state index contributed by atoms with van der Waals surface area (Å²) in [7, 11) is 0. The molecule has 5 heteroatoms. The monoisotopic (exact) mass is 323 g/mol. The van der Waals surface area contributed by atoms with Crippen LogP contribution in [0.25, 0.3) is 0 Å². The van der Waals surface area contributed by atoms with Gasteiger partial charge in [0.15, 0.2) is 0 Å². The van der Waals surface area contributed by atoms with Gasteiger partial charge in [-0.2, -0.15) is 0 Å². The summed E-state index contributed by atoms with van der Waals surface area (Å²) in [5.41, 5.74) is 2.51. The van der Waals surface area contributed by atoms with Gasteiger partial charge in [-0.15, -0.1) is 0 Å². The summed E-state index contributed by atoms with van der Waals surface area (Å²) in [5.74, 6) is -0.140. The van der Waals surface area contributed by atoms with Crippen molar-refractivity contribution in [2.75, 3.05) is 17.2 Å². The summed E-state index contributed by atoms with van der Waals surface area (Å²) < 4.78 is 0. The number of carbonyl (C=O) groups is 2. The van der Waals surface area contributed by atoms with E-state index >= 15 is 0 Å². The van der Waals surface area contributed by atoms with E-state index < -0.39 is 6.04 Å². The van der Waals surface area contributed by atoms with E-state index in [0.717, 1.165) is 23.4 Å². The molecule has 24 heavy (non-hydrogen) atoms. The van der Waals surface area contributed by atoms with Crippen molar-refractivity contribution in [1.82, 2.24) is 4.90 Å². The van der Waals surface area contributed by atoms with Crippen LogP contribution in [-0.4, -0.2) is 29.4 Å². The summed E-state index contributed by atoms with van der Waals surface area (Å²) in [4.78, 5) is 26.7. The Morgan fingerprint density at radius 1 is 1.00 bits per heavy atom. The summed E-state index contributed by atoms with van der Waals surface area (Å²) in [6.07, 6.45) is 1.51. The fraction of sp³-hybridized carbons (Fsp3) is 0.263. The number of hydrogen-bond acceptors (Lipinski definition) is 2. The van der Waals surface area contributed by atoms with Crippen molar-refractivity contribution in [3.05, 3.63) is 60.2 Å². The largest absolute Gasteiger partial charge is 0.324 e. The maximum absolute atomic E-state index is 12.6. The summed E-state index contributed by atoms with van der Waals surface area (Å²) in [6, 6.07) is 16.3. The molecule has 0 spiro atoms. The molecule has 1 atom stereocenters. The second kappa shape index (κ2) is 7.17. The van der Waals surface area contributed by atoms with Crippen LogP contribution in [0.3, 0.4) is 0 Å². The first-order valence-electron chi connectivity index (χ1n) is 8.14. The van der Waals surface area contributed by atoms with E-state index in [2.05, 4.69) is 10.6 Å². The molecule has 0 bridgehead atoms. The maximum atomic E-state index is 12.6. The zero-order valence-electron chi connectivity index (χ0n) is 13.7. The highest BCUT2D eigenvalue weighted by atomic mass is 16.2. The molecule has 2 aromatic carbocycles. The van der Waals surface area contributed by atoms with Gasteiger partial charge in [0.05, 0.1) is 0 Å². The molecule has 3 amide bonds. The molecule has 0 aromatic heterocycles. The summed E-state index contributed by atoms with van der Waals surface area (Å²) in [5, 5.41) is 5.79. The number of aryl methyl sites for hydroxylation is 1. The van der Waals surface area contributed by atoms with Crippen molar-refractivity contribution in [3.8, 4) is 0 Å². The van der Waals surface area contributed by atoms with Gasteiger partial charge in [0, 0.05) is 17.9 Å². The number of urea groups is 1. The van der Waals surface area contributed by atoms with Crippen molar-refractivity contribution in [1.29, 1.82) is 0 Å². The molecule has 1 heterocycles. The normalized spacial score (nSPS) is 16.7. The molecule has 124 valence electrons. The van der Waals surface area contributed by atoms with E-state index in [0.29, 0.717) is 13.0 Å². The fourth-order valence-corrected chi connectivity index (χ4v) is 2.93. The molecule has 1 saturated heterocycles. The average Bonchev–Trinajstić information content (AvgIpc) is 3.08. The summed E-state index contributed by atoms with van der Waals surface area (Å²) in [6.45, 7) is 2.53. The van der Waals surface area contributed by atoms with Gasteiger partial charge in [-0.1, -0.05) is 36.4 Å². The van der Waals surface area contributed by atoms with Gasteiger partial charge < -0.3 is 15.5 Å². The van der Waals surface area contributed by atoms with Gasteiger partial charge in [-0.05, 0) is 43.5 Å². The lowest BCUT2D eigenvalue weighted by atomic mass is 10.2. The Morgan fingerprint density at radius 3 is 2.46 bits per heavy atom. The number of carbonyl (C=O) groups excluding carboxylic acids is 2. The molecule has 1 unspecified atom stereocenters. The predicted molar refractivity (Wildman–Crippen MR) is 95.0 cm³/mol. The predicted octanol–water partition coefficient (Wildman–Crippen LogP) is 3.63. The number of likely N-dealkylation sites (tertiary alicyclic amines) is 1. The molecule has 0 aliphatic carbocycles. The Bertz CT molecular complexity index is 730. The first kappa shape index (κ1) is 16.1. The fourth-order valence-electron chi connectivity index (χ4n) is 2.93. The quantitative estimate of drug-likeness (QED) is 0.906. The number of rotatable bonds is 3. The number of hydrogen-bond donors (Lipinski definition) is 2. The Kier molecular flexibility index (Phi) is 4.79. The third-order valence-corrected chi connectivity index (χ3v) is 4.24. The third kappa shape index (κ3) is 3.56. The van der Waals surface area contributed by atoms with Crippen LogP contribution in [0.4, 0.5) is 16.2 Å². The molecular formula is C19H21N3O2. The van der Waals surface area contributed by atoms with E-state index in [1.54, 1.807) is 4.90 Å². The Hall–Kier alpha value is -2.82. The minimum absolute atomic E-state index is 0.140. The molecule has 3 rings (SSSR count). The minimum Gasteiger partial charge on any atom is -0.324 e. The number of nitrogens with one attached hydrogen (secondary N) is 2. The lowest BCUT2D eigenvalue weighted by molar-refractivity contribution is -0.119. The van der Waals surface area contributed by atoms with Crippen LogP contribution in [0, 0.1) is 6.92 Å². The molecule has 2 N–H and O–H groups in total. The number of amides is 3. The van der Waals surface area contributed by atoms with Gasteiger partial charge in [0.2, 0.25) is 5.91 Å². The third-order valence-electron chi connectivity index (χ3n) is 4.24. The highest BCUT2D eigenvalue weighted by Gasteiger charge is 2.34. The topological polar surface area (TPSA) is 61.4 Å². The van der Waals surface area contributed by atoms with Gasteiger partial charge >= 0.3 is 6.03 Å². The molecular weight excluding hydrogens is 302 g/mol. The second-order valence-electron chi connectivity index (χ2n) is 5.95.